The zero-order valence-electron chi connectivity index (χ0n) is 12.1. The van der Waals surface area contributed by atoms with Crippen molar-refractivity contribution in [2.24, 2.45) is 0 Å². The Morgan fingerprint density at radius 2 is 1.48 bits per heavy atom. The van der Waals surface area contributed by atoms with Gasteiger partial charge in [0, 0.05) is 14.2 Å². The predicted octanol–water partition coefficient (Wildman–Crippen LogP) is 4.54. The maximum absolute atomic E-state index is 5.93. The molecule has 0 heterocycles. The van der Waals surface area contributed by atoms with E-state index >= 15 is 0 Å². The fourth-order valence-electron chi connectivity index (χ4n) is 1.97. The largest absolute Gasteiger partial charge is 0.496 e. The SMILES string of the molecule is COc1ccc(Oc2ccccc2)c(C(OC)OC)c1Br. The molecular formula is C16H17BrO4. The Bertz CT molecular complexity index is 582. The minimum Gasteiger partial charge on any atom is -0.496 e. The molecule has 0 aliphatic rings. The summed E-state index contributed by atoms with van der Waals surface area (Å²) < 4.78 is 22.7. The third kappa shape index (κ3) is 3.56. The first kappa shape index (κ1) is 15.8. The van der Waals surface area contributed by atoms with E-state index in [4.69, 9.17) is 18.9 Å². The van der Waals surface area contributed by atoms with Gasteiger partial charge in [-0.25, -0.2) is 0 Å². The molecule has 0 unspecified atom stereocenters. The highest BCUT2D eigenvalue weighted by Crippen LogP contribution is 2.41. The summed E-state index contributed by atoms with van der Waals surface area (Å²) in [5, 5.41) is 0. The van der Waals surface area contributed by atoms with Gasteiger partial charge in [0.2, 0.25) is 0 Å². The second-order valence-corrected chi connectivity index (χ2v) is 5.01. The molecule has 0 radical (unpaired) electrons. The summed E-state index contributed by atoms with van der Waals surface area (Å²) >= 11 is 3.52. The lowest BCUT2D eigenvalue weighted by molar-refractivity contribution is -0.107. The van der Waals surface area contributed by atoms with Crippen LogP contribution in [-0.4, -0.2) is 21.3 Å². The Morgan fingerprint density at radius 1 is 0.857 bits per heavy atom. The van der Waals surface area contributed by atoms with Crippen molar-refractivity contribution in [3.8, 4) is 17.2 Å². The van der Waals surface area contributed by atoms with Gasteiger partial charge in [0.1, 0.15) is 17.2 Å². The first-order valence-electron chi connectivity index (χ1n) is 6.36. The molecular weight excluding hydrogens is 336 g/mol. The number of benzene rings is 2. The van der Waals surface area contributed by atoms with Gasteiger partial charge in [-0.15, -0.1) is 0 Å². The Hall–Kier alpha value is -1.56. The molecule has 0 spiro atoms. The van der Waals surface area contributed by atoms with Crippen molar-refractivity contribution in [3.05, 3.63) is 52.5 Å². The van der Waals surface area contributed by atoms with Gasteiger partial charge in [-0.3, -0.25) is 0 Å². The average Bonchev–Trinajstić information content (AvgIpc) is 2.52. The van der Waals surface area contributed by atoms with E-state index in [1.54, 1.807) is 21.3 Å². The average molecular weight is 353 g/mol. The second kappa shape index (κ2) is 7.45. The van der Waals surface area contributed by atoms with Crippen LogP contribution in [0.2, 0.25) is 0 Å². The Labute approximate surface area is 132 Å². The Kier molecular flexibility index (Phi) is 5.61. The minimum absolute atomic E-state index is 0.562. The molecule has 0 bridgehead atoms. The Balaban J connectivity index is 2.47. The van der Waals surface area contributed by atoms with E-state index in [0.717, 1.165) is 15.8 Å². The summed E-state index contributed by atoms with van der Waals surface area (Å²) in [7, 11) is 4.76. The Morgan fingerprint density at radius 3 is 2.05 bits per heavy atom. The van der Waals surface area contributed by atoms with Crippen LogP contribution in [0.4, 0.5) is 0 Å². The topological polar surface area (TPSA) is 36.9 Å². The maximum Gasteiger partial charge on any atom is 0.187 e. The van der Waals surface area contributed by atoms with Gasteiger partial charge in [0.25, 0.3) is 0 Å². The molecule has 21 heavy (non-hydrogen) atoms. The highest BCUT2D eigenvalue weighted by Gasteiger charge is 2.22. The maximum atomic E-state index is 5.93. The number of hydrogen-bond donors (Lipinski definition) is 0. The van der Waals surface area contributed by atoms with E-state index < -0.39 is 6.29 Å². The number of hydrogen-bond acceptors (Lipinski definition) is 4. The summed E-state index contributed by atoms with van der Waals surface area (Å²) in [6.07, 6.45) is -0.562. The lowest BCUT2D eigenvalue weighted by atomic mass is 10.1. The van der Waals surface area contributed by atoms with Crippen molar-refractivity contribution >= 4 is 15.9 Å². The predicted molar refractivity (Wildman–Crippen MR) is 84.0 cm³/mol. The van der Waals surface area contributed by atoms with Crippen LogP contribution in [0, 0.1) is 0 Å². The molecule has 2 rings (SSSR count). The normalized spacial score (nSPS) is 10.7. The number of para-hydroxylation sites is 1. The molecule has 0 fully saturated rings. The summed E-state index contributed by atoms with van der Waals surface area (Å²) in [5.74, 6) is 2.06. The lowest BCUT2D eigenvalue weighted by Crippen LogP contribution is -2.07. The van der Waals surface area contributed by atoms with Crippen LogP contribution in [0.5, 0.6) is 17.2 Å². The second-order valence-electron chi connectivity index (χ2n) is 4.21. The quantitative estimate of drug-likeness (QED) is 0.715. The van der Waals surface area contributed by atoms with Gasteiger partial charge < -0.3 is 18.9 Å². The summed E-state index contributed by atoms with van der Waals surface area (Å²) in [6.45, 7) is 0. The molecule has 5 heteroatoms. The van der Waals surface area contributed by atoms with Gasteiger partial charge in [0.15, 0.2) is 6.29 Å². The van der Waals surface area contributed by atoms with E-state index in [9.17, 15) is 0 Å². The molecule has 112 valence electrons. The van der Waals surface area contributed by atoms with E-state index in [0.29, 0.717) is 11.5 Å². The molecule has 0 aromatic heterocycles. The van der Waals surface area contributed by atoms with Crippen molar-refractivity contribution < 1.29 is 18.9 Å². The van der Waals surface area contributed by atoms with Gasteiger partial charge in [-0.1, -0.05) is 18.2 Å². The summed E-state index contributed by atoms with van der Waals surface area (Å²) in [4.78, 5) is 0. The molecule has 2 aromatic rings. The van der Waals surface area contributed by atoms with Gasteiger partial charge >= 0.3 is 0 Å². The number of methoxy groups -OCH3 is 3. The number of ether oxygens (including phenoxy) is 4. The standard InChI is InChI=1S/C16H17BrO4/c1-18-13-10-9-12(21-11-7-5-4-6-8-11)14(15(13)17)16(19-2)20-3/h4-10,16H,1-3H3. The van der Waals surface area contributed by atoms with Gasteiger partial charge in [-0.05, 0) is 40.2 Å². The van der Waals surface area contributed by atoms with Crippen molar-refractivity contribution in [1.29, 1.82) is 0 Å². The molecule has 0 aliphatic carbocycles. The van der Waals surface area contributed by atoms with Crippen LogP contribution in [0.15, 0.2) is 46.9 Å². The molecule has 0 saturated carbocycles. The van der Waals surface area contributed by atoms with Gasteiger partial charge in [0.05, 0.1) is 17.1 Å². The summed E-state index contributed by atoms with van der Waals surface area (Å²) in [5.41, 5.74) is 0.739. The molecule has 2 aromatic carbocycles. The fourth-order valence-corrected chi connectivity index (χ4v) is 2.65. The highest BCUT2D eigenvalue weighted by atomic mass is 79.9. The minimum atomic E-state index is -0.562. The smallest absolute Gasteiger partial charge is 0.187 e. The van der Waals surface area contributed by atoms with E-state index in [-0.39, 0.29) is 0 Å². The highest BCUT2D eigenvalue weighted by molar-refractivity contribution is 9.10. The van der Waals surface area contributed by atoms with E-state index in [1.807, 2.05) is 42.5 Å². The monoisotopic (exact) mass is 352 g/mol. The zero-order valence-corrected chi connectivity index (χ0v) is 13.7. The number of rotatable bonds is 6. The van der Waals surface area contributed by atoms with Crippen molar-refractivity contribution in [1.82, 2.24) is 0 Å². The van der Waals surface area contributed by atoms with E-state index in [2.05, 4.69) is 15.9 Å². The third-order valence-electron chi connectivity index (χ3n) is 2.96. The molecule has 0 N–H and O–H groups in total. The summed E-state index contributed by atoms with van der Waals surface area (Å²) in [6, 6.07) is 13.2. The van der Waals surface area contributed by atoms with Crippen LogP contribution in [0.1, 0.15) is 11.9 Å². The van der Waals surface area contributed by atoms with E-state index in [1.165, 1.54) is 0 Å². The third-order valence-corrected chi connectivity index (χ3v) is 3.78. The molecule has 0 saturated heterocycles. The van der Waals surface area contributed by atoms with Crippen LogP contribution in [0.25, 0.3) is 0 Å². The molecule has 0 amide bonds. The molecule has 0 atom stereocenters. The van der Waals surface area contributed by atoms with Gasteiger partial charge in [-0.2, -0.15) is 0 Å². The lowest BCUT2D eigenvalue weighted by Gasteiger charge is -2.20. The van der Waals surface area contributed by atoms with Crippen LogP contribution in [-0.2, 0) is 9.47 Å². The number of halogens is 1. The molecule has 0 aliphatic heterocycles. The van der Waals surface area contributed by atoms with Crippen LogP contribution >= 0.6 is 15.9 Å². The molecule has 4 nitrogen and oxygen atoms in total. The van der Waals surface area contributed by atoms with Crippen LogP contribution in [0.3, 0.4) is 0 Å². The van der Waals surface area contributed by atoms with Crippen LogP contribution < -0.4 is 9.47 Å². The van der Waals surface area contributed by atoms with Crippen molar-refractivity contribution in [2.75, 3.05) is 21.3 Å². The first-order chi connectivity index (χ1) is 10.2. The first-order valence-corrected chi connectivity index (χ1v) is 7.15. The van der Waals surface area contributed by atoms with Crippen molar-refractivity contribution in [3.63, 3.8) is 0 Å². The zero-order chi connectivity index (χ0) is 15.2. The van der Waals surface area contributed by atoms with Crippen molar-refractivity contribution in [2.45, 2.75) is 6.29 Å². The fraction of sp³-hybridized carbons (Fsp3) is 0.250.